The average molecular weight is 395 g/mol. The van der Waals surface area contributed by atoms with Crippen LogP contribution in [0.15, 0.2) is 29.2 Å². The van der Waals surface area contributed by atoms with Gasteiger partial charge in [-0.1, -0.05) is 6.07 Å². The van der Waals surface area contributed by atoms with Crippen LogP contribution in [0.4, 0.5) is 13.2 Å². The van der Waals surface area contributed by atoms with Gasteiger partial charge in [0.15, 0.2) is 0 Å². The van der Waals surface area contributed by atoms with Gasteiger partial charge in [0.05, 0.1) is 10.8 Å². The molecule has 11 heteroatoms. The van der Waals surface area contributed by atoms with Crippen molar-refractivity contribution in [3.05, 3.63) is 24.3 Å². The van der Waals surface area contributed by atoms with Crippen LogP contribution >= 0.6 is 0 Å². The van der Waals surface area contributed by atoms with Gasteiger partial charge in [-0.15, -0.1) is 13.2 Å². The molecule has 3 N–H and O–H groups in total. The SMILES string of the molecule is NCCNC(=O)C1CCCN(S(=O)(=O)c2cccc(OC(F)(F)F)c2)C1. The number of halogens is 3. The van der Waals surface area contributed by atoms with Gasteiger partial charge in [0, 0.05) is 32.2 Å². The minimum Gasteiger partial charge on any atom is -0.406 e. The molecule has 1 aliphatic rings. The molecule has 1 atom stereocenters. The van der Waals surface area contributed by atoms with E-state index in [1.165, 1.54) is 12.1 Å². The molecule has 146 valence electrons. The minimum atomic E-state index is -4.92. The van der Waals surface area contributed by atoms with Crippen LogP contribution in [-0.2, 0) is 14.8 Å². The number of nitrogens with zero attached hydrogens (tertiary/aromatic N) is 1. The molecule has 1 amide bonds. The lowest BCUT2D eigenvalue weighted by atomic mass is 9.99. The molecule has 0 aliphatic carbocycles. The summed E-state index contributed by atoms with van der Waals surface area (Å²) < 4.78 is 67.3. The third-order valence-corrected chi connectivity index (χ3v) is 5.74. The first-order chi connectivity index (χ1) is 12.1. The normalized spacial score (nSPS) is 19.2. The number of carbonyl (C=O) groups excluding carboxylic acids is 1. The molecular weight excluding hydrogens is 375 g/mol. The molecule has 1 unspecified atom stereocenters. The Balaban J connectivity index is 2.16. The number of hydrogen-bond acceptors (Lipinski definition) is 5. The van der Waals surface area contributed by atoms with Gasteiger partial charge in [-0.25, -0.2) is 8.42 Å². The Labute approximate surface area is 149 Å². The largest absolute Gasteiger partial charge is 0.573 e. The molecule has 1 saturated heterocycles. The van der Waals surface area contributed by atoms with E-state index in [2.05, 4.69) is 10.1 Å². The van der Waals surface area contributed by atoms with Crippen LogP contribution in [0.5, 0.6) is 5.75 Å². The van der Waals surface area contributed by atoms with Crippen molar-refractivity contribution in [2.24, 2.45) is 11.7 Å². The molecule has 0 radical (unpaired) electrons. The summed E-state index contributed by atoms with van der Waals surface area (Å²) in [7, 11) is -4.05. The zero-order valence-corrected chi connectivity index (χ0v) is 14.6. The predicted octanol–water partition coefficient (Wildman–Crippen LogP) is 1.06. The van der Waals surface area contributed by atoms with E-state index in [-0.39, 0.29) is 30.4 Å². The predicted molar refractivity (Wildman–Crippen MR) is 86.7 cm³/mol. The number of rotatable bonds is 6. The van der Waals surface area contributed by atoms with Crippen molar-refractivity contribution in [1.29, 1.82) is 0 Å². The molecule has 2 rings (SSSR count). The first-order valence-corrected chi connectivity index (χ1v) is 9.41. The van der Waals surface area contributed by atoms with E-state index in [0.29, 0.717) is 19.4 Å². The second-order valence-electron chi connectivity index (χ2n) is 5.80. The summed E-state index contributed by atoms with van der Waals surface area (Å²) in [5.41, 5.74) is 5.32. The molecule has 0 spiro atoms. The molecule has 0 bridgehead atoms. The van der Waals surface area contributed by atoms with Crippen LogP contribution in [0.1, 0.15) is 12.8 Å². The fourth-order valence-electron chi connectivity index (χ4n) is 2.70. The summed E-state index contributed by atoms with van der Waals surface area (Å²) in [4.78, 5) is 11.7. The van der Waals surface area contributed by atoms with E-state index in [4.69, 9.17) is 5.73 Å². The molecular formula is C15H20F3N3O4S. The maximum absolute atomic E-state index is 12.7. The van der Waals surface area contributed by atoms with E-state index in [1.54, 1.807) is 0 Å². The Kier molecular flexibility index (Phi) is 6.48. The van der Waals surface area contributed by atoms with E-state index >= 15 is 0 Å². The van der Waals surface area contributed by atoms with Crippen molar-refractivity contribution in [2.75, 3.05) is 26.2 Å². The Morgan fingerprint density at radius 3 is 2.77 bits per heavy atom. The maximum atomic E-state index is 12.7. The van der Waals surface area contributed by atoms with Crippen molar-refractivity contribution in [1.82, 2.24) is 9.62 Å². The van der Waals surface area contributed by atoms with Gasteiger partial charge in [0.1, 0.15) is 5.75 Å². The molecule has 1 aromatic carbocycles. The standard InChI is InChI=1S/C15H20F3N3O4S/c16-15(17,18)25-12-4-1-5-13(9-12)26(23,24)21-8-2-3-11(10-21)14(22)20-7-6-19/h1,4-5,9,11H,2-3,6-8,10,19H2,(H,20,22). The van der Waals surface area contributed by atoms with Gasteiger partial charge in [-0.2, -0.15) is 4.31 Å². The lowest BCUT2D eigenvalue weighted by molar-refractivity contribution is -0.274. The minimum absolute atomic E-state index is 0.0386. The van der Waals surface area contributed by atoms with Crippen molar-refractivity contribution < 1.29 is 31.1 Å². The number of alkyl halides is 3. The zero-order valence-electron chi connectivity index (χ0n) is 13.8. The van der Waals surface area contributed by atoms with Gasteiger partial charge in [-0.3, -0.25) is 4.79 Å². The molecule has 1 fully saturated rings. The number of carbonyl (C=O) groups is 1. The van der Waals surface area contributed by atoms with Crippen LogP contribution in [-0.4, -0.2) is 51.2 Å². The number of amides is 1. The maximum Gasteiger partial charge on any atom is 0.573 e. The first kappa shape index (κ1) is 20.5. The topological polar surface area (TPSA) is 102 Å². The number of ether oxygens (including phenoxy) is 1. The van der Waals surface area contributed by atoms with Crippen LogP contribution in [0.3, 0.4) is 0 Å². The van der Waals surface area contributed by atoms with Gasteiger partial charge in [0.2, 0.25) is 15.9 Å². The molecule has 0 aromatic heterocycles. The smallest absolute Gasteiger partial charge is 0.406 e. The monoisotopic (exact) mass is 395 g/mol. The van der Waals surface area contributed by atoms with Gasteiger partial charge < -0.3 is 15.8 Å². The van der Waals surface area contributed by atoms with Gasteiger partial charge >= 0.3 is 6.36 Å². The third kappa shape index (κ3) is 5.32. The molecule has 7 nitrogen and oxygen atoms in total. The van der Waals surface area contributed by atoms with Crippen molar-refractivity contribution in [2.45, 2.75) is 24.1 Å². The fraction of sp³-hybridized carbons (Fsp3) is 0.533. The quantitative estimate of drug-likeness (QED) is 0.750. The van der Waals surface area contributed by atoms with Crippen LogP contribution in [0.2, 0.25) is 0 Å². The van der Waals surface area contributed by atoms with Crippen LogP contribution in [0.25, 0.3) is 0 Å². The summed E-state index contributed by atoms with van der Waals surface area (Å²) in [6.45, 7) is 0.710. The van der Waals surface area contributed by atoms with Crippen molar-refractivity contribution in [3.8, 4) is 5.75 Å². The summed E-state index contributed by atoms with van der Waals surface area (Å²) in [5.74, 6) is -1.43. The molecule has 0 saturated carbocycles. The first-order valence-electron chi connectivity index (χ1n) is 7.97. The summed E-state index contributed by atoms with van der Waals surface area (Å²) in [6, 6.07) is 4.20. The highest BCUT2D eigenvalue weighted by Gasteiger charge is 2.35. The second-order valence-corrected chi connectivity index (χ2v) is 7.74. The molecule has 1 aliphatic heterocycles. The number of nitrogens with one attached hydrogen (secondary N) is 1. The van der Waals surface area contributed by atoms with Gasteiger partial charge in [-0.05, 0) is 25.0 Å². The Morgan fingerprint density at radius 1 is 1.38 bits per heavy atom. The number of piperidine rings is 1. The zero-order chi connectivity index (χ0) is 19.4. The summed E-state index contributed by atoms with van der Waals surface area (Å²) in [5, 5.41) is 2.62. The second kappa shape index (κ2) is 8.23. The molecule has 1 heterocycles. The van der Waals surface area contributed by atoms with E-state index in [9.17, 15) is 26.4 Å². The summed E-state index contributed by atoms with van der Waals surface area (Å²) in [6.07, 6.45) is -3.92. The molecule has 26 heavy (non-hydrogen) atoms. The van der Waals surface area contributed by atoms with Crippen LogP contribution in [0, 0.1) is 5.92 Å². The Morgan fingerprint density at radius 2 is 2.12 bits per heavy atom. The lowest BCUT2D eigenvalue weighted by Crippen LogP contribution is -2.46. The fourth-order valence-corrected chi connectivity index (χ4v) is 4.25. The summed E-state index contributed by atoms with van der Waals surface area (Å²) >= 11 is 0. The van der Waals surface area contributed by atoms with E-state index < -0.39 is 28.1 Å². The Hall–Kier alpha value is -1.85. The number of benzene rings is 1. The average Bonchev–Trinajstić information content (AvgIpc) is 2.58. The number of hydrogen-bond donors (Lipinski definition) is 2. The van der Waals surface area contributed by atoms with Gasteiger partial charge in [0.25, 0.3) is 0 Å². The van der Waals surface area contributed by atoms with E-state index in [1.807, 2.05) is 0 Å². The third-order valence-electron chi connectivity index (χ3n) is 3.88. The number of sulfonamides is 1. The highest BCUT2D eigenvalue weighted by atomic mass is 32.2. The van der Waals surface area contributed by atoms with Crippen molar-refractivity contribution in [3.63, 3.8) is 0 Å². The number of nitrogens with two attached hydrogens (primary N) is 1. The highest BCUT2D eigenvalue weighted by molar-refractivity contribution is 7.89. The van der Waals surface area contributed by atoms with E-state index in [0.717, 1.165) is 16.4 Å². The Bertz CT molecular complexity index is 740. The molecule has 1 aromatic rings. The van der Waals surface area contributed by atoms with Crippen molar-refractivity contribution >= 4 is 15.9 Å². The lowest BCUT2D eigenvalue weighted by Gasteiger charge is -2.31. The highest BCUT2D eigenvalue weighted by Crippen LogP contribution is 2.28. The van der Waals surface area contributed by atoms with Crippen LogP contribution < -0.4 is 15.8 Å².